The summed E-state index contributed by atoms with van der Waals surface area (Å²) in [6.07, 6.45) is 4.68. The van der Waals surface area contributed by atoms with Gasteiger partial charge in [-0.05, 0) is 19.3 Å². The van der Waals surface area contributed by atoms with E-state index in [4.69, 9.17) is 5.21 Å². The number of hydrogen-bond donors (Lipinski definition) is 1. The molecule has 54 valence electrons. The molecule has 1 fully saturated rings. The van der Waals surface area contributed by atoms with E-state index >= 15 is 0 Å². The van der Waals surface area contributed by atoms with Crippen molar-refractivity contribution < 1.29 is 5.21 Å². The Labute approximate surface area is 56.4 Å². The monoisotopic (exact) mass is 129 g/mol. The van der Waals surface area contributed by atoms with Crippen molar-refractivity contribution in [3.63, 3.8) is 0 Å². The topological polar surface area (TPSA) is 23.5 Å². The first kappa shape index (κ1) is 7.03. The lowest BCUT2D eigenvalue weighted by molar-refractivity contribution is -0.104. The van der Waals surface area contributed by atoms with Crippen molar-refractivity contribution in [2.24, 2.45) is 0 Å². The fourth-order valence-corrected chi connectivity index (χ4v) is 1.45. The normalized spacial score (nSPS) is 29.3. The van der Waals surface area contributed by atoms with Crippen molar-refractivity contribution in [2.75, 3.05) is 6.54 Å². The van der Waals surface area contributed by atoms with Gasteiger partial charge in [0.15, 0.2) is 0 Å². The van der Waals surface area contributed by atoms with Crippen LogP contribution >= 0.6 is 0 Å². The second kappa shape index (κ2) is 3.18. The zero-order valence-corrected chi connectivity index (χ0v) is 6.01. The van der Waals surface area contributed by atoms with Crippen LogP contribution in [0.4, 0.5) is 0 Å². The van der Waals surface area contributed by atoms with Crippen molar-refractivity contribution >= 4 is 0 Å². The summed E-state index contributed by atoms with van der Waals surface area (Å²) in [5.74, 6) is 0. The Hall–Kier alpha value is -0.0800. The zero-order chi connectivity index (χ0) is 6.69. The van der Waals surface area contributed by atoms with Gasteiger partial charge < -0.3 is 5.21 Å². The van der Waals surface area contributed by atoms with Crippen LogP contribution in [0, 0.1) is 0 Å². The van der Waals surface area contributed by atoms with E-state index in [-0.39, 0.29) is 0 Å². The van der Waals surface area contributed by atoms with Crippen molar-refractivity contribution in [1.29, 1.82) is 0 Å². The van der Waals surface area contributed by atoms with Gasteiger partial charge in [0, 0.05) is 12.6 Å². The van der Waals surface area contributed by atoms with Gasteiger partial charge in [-0.25, -0.2) is 0 Å². The van der Waals surface area contributed by atoms with Gasteiger partial charge in [-0.3, -0.25) is 0 Å². The molecule has 0 aliphatic carbocycles. The molecule has 1 atom stereocenters. The van der Waals surface area contributed by atoms with Gasteiger partial charge in [-0.1, -0.05) is 13.3 Å². The third-order valence-electron chi connectivity index (χ3n) is 1.97. The van der Waals surface area contributed by atoms with Gasteiger partial charge in [0.05, 0.1) is 0 Å². The fraction of sp³-hybridized carbons (Fsp3) is 1.00. The number of hydrogen-bond acceptors (Lipinski definition) is 2. The highest BCUT2D eigenvalue weighted by Crippen LogP contribution is 2.18. The average molecular weight is 129 g/mol. The Morgan fingerprint density at radius 3 is 2.89 bits per heavy atom. The Bertz CT molecular complexity index is 85.0. The Morgan fingerprint density at radius 1 is 1.67 bits per heavy atom. The maximum Gasteiger partial charge on any atom is 0.0350 e. The molecular weight excluding hydrogens is 114 g/mol. The third kappa shape index (κ3) is 1.66. The molecule has 0 bridgehead atoms. The van der Waals surface area contributed by atoms with E-state index in [1.165, 1.54) is 24.3 Å². The number of nitrogens with zero attached hydrogens (tertiary/aromatic N) is 1. The van der Waals surface area contributed by atoms with Crippen molar-refractivity contribution in [2.45, 2.75) is 38.6 Å². The first-order chi connectivity index (χ1) is 4.34. The molecule has 0 radical (unpaired) electrons. The average Bonchev–Trinajstić information content (AvgIpc) is 2.18. The summed E-state index contributed by atoms with van der Waals surface area (Å²) in [5, 5.41) is 10.6. The molecule has 0 aromatic heterocycles. The lowest BCUT2D eigenvalue weighted by Crippen LogP contribution is -2.24. The highest BCUT2D eigenvalue weighted by atomic mass is 16.5. The fourth-order valence-electron chi connectivity index (χ4n) is 1.45. The number of rotatable bonds is 2. The van der Waals surface area contributed by atoms with E-state index in [1.54, 1.807) is 0 Å². The smallest absolute Gasteiger partial charge is 0.0350 e. The molecule has 1 rings (SSSR count). The van der Waals surface area contributed by atoms with Crippen LogP contribution in [0.1, 0.15) is 32.6 Å². The largest absolute Gasteiger partial charge is 0.314 e. The van der Waals surface area contributed by atoms with Crippen LogP contribution in [0.2, 0.25) is 0 Å². The summed E-state index contributed by atoms with van der Waals surface area (Å²) in [6, 6.07) is 0.468. The molecule has 2 nitrogen and oxygen atoms in total. The quantitative estimate of drug-likeness (QED) is 0.612. The lowest BCUT2D eigenvalue weighted by Gasteiger charge is -2.15. The maximum absolute atomic E-state index is 9.15. The molecule has 0 unspecified atom stereocenters. The highest BCUT2D eigenvalue weighted by molar-refractivity contribution is 4.71. The standard InChI is InChI=1S/C7H15NO/c1-2-4-7-5-3-6-8(7)9/h7,9H,2-6H2,1H3/t7-/m1/s1. The van der Waals surface area contributed by atoms with Crippen LogP contribution < -0.4 is 0 Å². The molecule has 1 heterocycles. The van der Waals surface area contributed by atoms with Gasteiger partial charge in [0.2, 0.25) is 0 Å². The van der Waals surface area contributed by atoms with Crippen molar-refractivity contribution in [3.8, 4) is 0 Å². The summed E-state index contributed by atoms with van der Waals surface area (Å²) in [4.78, 5) is 0. The molecule has 0 aromatic rings. The Kier molecular flexibility index (Phi) is 2.49. The van der Waals surface area contributed by atoms with E-state index < -0.39 is 0 Å². The summed E-state index contributed by atoms with van der Waals surface area (Å²) >= 11 is 0. The predicted molar refractivity (Wildman–Crippen MR) is 36.4 cm³/mol. The van der Waals surface area contributed by atoms with Crippen molar-refractivity contribution in [3.05, 3.63) is 0 Å². The Balaban J connectivity index is 2.22. The van der Waals surface area contributed by atoms with E-state index in [0.29, 0.717) is 6.04 Å². The second-order valence-corrected chi connectivity index (χ2v) is 2.75. The zero-order valence-electron chi connectivity index (χ0n) is 6.01. The summed E-state index contributed by atoms with van der Waals surface area (Å²) in [5.41, 5.74) is 0. The van der Waals surface area contributed by atoms with Gasteiger partial charge in [-0.15, -0.1) is 0 Å². The highest BCUT2D eigenvalue weighted by Gasteiger charge is 2.20. The van der Waals surface area contributed by atoms with Crippen LogP contribution in [0.25, 0.3) is 0 Å². The molecule has 0 saturated carbocycles. The van der Waals surface area contributed by atoms with Crippen LogP contribution in [0.5, 0.6) is 0 Å². The van der Waals surface area contributed by atoms with Gasteiger partial charge in [0.1, 0.15) is 0 Å². The van der Waals surface area contributed by atoms with Crippen LogP contribution in [0.3, 0.4) is 0 Å². The first-order valence-electron chi connectivity index (χ1n) is 3.80. The lowest BCUT2D eigenvalue weighted by atomic mass is 10.1. The maximum atomic E-state index is 9.15. The van der Waals surface area contributed by atoms with Gasteiger partial charge >= 0.3 is 0 Å². The minimum absolute atomic E-state index is 0.468. The summed E-state index contributed by atoms with van der Waals surface area (Å²) < 4.78 is 0. The van der Waals surface area contributed by atoms with Gasteiger partial charge in [0.25, 0.3) is 0 Å². The third-order valence-corrected chi connectivity index (χ3v) is 1.97. The van der Waals surface area contributed by atoms with E-state index in [0.717, 1.165) is 13.0 Å². The molecule has 0 amide bonds. The number of hydroxylamine groups is 2. The van der Waals surface area contributed by atoms with Crippen LogP contribution in [-0.2, 0) is 0 Å². The first-order valence-corrected chi connectivity index (χ1v) is 3.80. The molecule has 1 aliphatic rings. The summed E-state index contributed by atoms with van der Waals surface area (Å²) in [7, 11) is 0. The Morgan fingerprint density at radius 2 is 2.44 bits per heavy atom. The molecule has 0 aromatic carbocycles. The molecule has 0 spiro atoms. The van der Waals surface area contributed by atoms with Crippen LogP contribution in [0.15, 0.2) is 0 Å². The molecule has 1 N–H and O–H groups in total. The molecule has 2 heteroatoms. The minimum atomic E-state index is 0.468. The van der Waals surface area contributed by atoms with Crippen LogP contribution in [-0.4, -0.2) is 22.9 Å². The molecule has 1 aliphatic heterocycles. The molecular formula is C7H15NO. The van der Waals surface area contributed by atoms with Gasteiger partial charge in [-0.2, -0.15) is 5.06 Å². The van der Waals surface area contributed by atoms with E-state index in [1.807, 2.05) is 0 Å². The van der Waals surface area contributed by atoms with E-state index in [9.17, 15) is 0 Å². The van der Waals surface area contributed by atoms with E-state index in [2.05, 4.69) is 6.92 Å². The summed E-state index contributed by atoms with van der Waals surface area (Å²) in [6.45, 7) is 3.04. The molecule has 9 heavy (non-hydrogen) atoms. The minimum Gasteiger partial charge on any atom is -0.314 e. The second-order valence-electron chi connectivity index (χ2n) is 2.75. The molecule has 1 saturated heterocycles. The SMILES string of the molecule is CCC[C@@H]1CCCN1O. The van der Waals surface area contributed by atoms with Crippen molar-refractivity contribution in [1.82, 2.24) is 5.06 Å². The predicted octanol–water partition coefficient (Wildman–Crippen LogP) is 1.64.